The lowest BCUT2D eigenvalue weighted by atomic mass is 10.0. The van der Waals surface area contributed by atoms with Crippen molar-refractivity contribution in [2.24, 2.45) is 13.0 Å². The fourth-order valence-electron chi connectivity index (χ4n) is 6.19. The number of aromatic nitrogens is 4. The third kappa shape index (κ3) is 7.82. The number of pyridine rings is 1. The number of hydrogen-bond donors (Lipinski definition) is 1. The molecule has 2 atom stereocenters. The molecule has 1 aliphatic heterocycles. The van der Waals surface area contributed by atoms with Crippen molar-refractivity contribution in [3.63, 3.8) is 0 Å². The van der Waals surface area contributed by atoms with Crippen molar-refractivity contribution in [3.05, 3.63) is 41.6 Å². The smallest absolute Gasteiger partial charge is 0.408 e. The van der Waals surface area contributed by atoms with Crippen molar-refractivity contribution in [3.8, 4) is 17.3 Å². The number of para-hydroxylation sites is 1. The van der Waals surface area contributed by atoms with E-state index < -0.39 is 40.6 Å². The molecule has 1 aliphatic carbocycles. The predicted octanol–water partition coefficient (Wildman–Crippen LogP) is 4.60. The van der Waals surface area contributed by atoms with Gasteiger partial charge in [-0.1, -0.05) is 12.1 Å². The number of ether oxygens (including phenoxy) is 2. The fraction of sp³-hybridized carbons (Fsp3) is 0.529. The summed E-state index contributed by atoms with van der Waals surface area (Å²) in [6, 6.07) is 8.64. The molecule has 1 fully saturated rings. The second-order valence-electron chi connectivity index (χ2n) is 14.0. The molecule has 0 saturated heterocycles. The molecule has 13 nitrogen and oxygen atoms in total. The lowest BCUT2D eigenvalue weighted by Crippen LogP contribution is -2.50. The summed E-state index contributed by atoms with van der Waals surface area (Å²) in [5.41, 5.74) is 3.23. The highest BCUT2D eigenvalue weighted by molar-refractivity contribution is 7.86. The van der Waals surface area contributed by atoms with E-state index in [0.29, 0.717) is 52.9 Å². The van der Waals surface area contributed by atoms with Crippen LogP contribution in [0.4, 0.5) is 9.18 Å². The molecule has 264 valence electrons. The Hall–Kier alpha value is -4.24. The molecule has 0 bridgehead atoms. The van der Waals surface area contributed by atoms with Crippen LogP contribution in [0.1, 0.15) is 56.6 Å². The molecule has 4 heterocycles. The third-order valence-electron chi connectivity index (χ3n) is 8.47. The van der Waals surface area contributed by atoms with Crippen LogP contribution in [-0.4, -0.2) is 94.8 Å². The van der Waals surface area contributed by atoms with Crippen molar-refractivity contribution in [2.75, 3.05) is 32.6 Å². The lowest BCUT2D eigenvalue weighted by molar-refractivity contribution is 0.0465. The number of imidazole rings is 1. The normalized spacial score (nSPS) is 16.6. The van der Waals surface area contributed by atoms with Crippen LogP contribution in [0, 0.1) is 5.92 Å². The summed E-state index contributed by atoms with van der Waals surface area (Å²) >= 11 is 0. The molecule has 1 saturated carbocycles. The van der Waals surface area contributed by atoms with E-state index in [-0.39, 0.29) is 19.1 Å². The van der Waals surface area contributed by atoms with Crippen molar-refractivity contribution < 1.29 is 36.1 Å². The number of alkyl halides is 1. The number of carbonyl (C=O) groups excluding carboxylic acids is 2. The van der Waals surface area contributed by atoms with Crippen LogP contribution in [0.5, 0.6) is 5.75 Å². The fourth-order valence-corrected chi connectivity index (χ4v) is 6.84. The molecule has 0 radical (unpaired) electrons. The topological polar surface area (TPSA) is 147 Å². The Morgan fingerprint density at radius 2 is 1.94 bits per heavy atom. The maximum Gasteiger partial charge on any atom is 0.408 e. The van der Waals surface area contributed by atoms with E-state index in [9.17, 15) is 22.4 Å². The van der Waals surface area contributed by atoms with Gasteiger partial charge in [-0.2, -0.15) is 8.42 Å². The Labute approximate surface area is 284 Å². The molecule has 2 aliphatic rings. The van der Waals surface area contributed by atoms with E-state index >= 15 is 0 Å². The number of alkyl carbamates (subject to hydrolysis) is 1. The number of nitrogens with zero attached hydrogens (tertiary/aromatic N) is 5. The molecule has 4 aromatic rings. The summed E-state index contributed by atoms with van der Waals surface area (Å²) in [7, 11) is -1.73. The molecule has 15 heteroatoms. The largest absolute Gasteiger partial charge is 0.489 e. The molecular formula is C34H43FN6O7S. The Morgan fingerprint density at radius 3 is 2.61 bits per heavy atom. The van der Waals surface area contributed by atoms with E-state index in [1.807, 2.05) is 29.8 Å². The Morgan fingerprint density at radius 1 is 1.18 bits per heavy atom. The van der Waals surface area contributed by atoms with E-state index in [4.69, 9.17) is 23.6 Å². The summed E-state index contributed by atoms with van der Waals surface area (Å²) in [6.45, 7) is 7.08. The van der Waals surface area contributed by atoms with Crippen molar-refractivity contribution in [2.45, 2.75) is 71.2 Å². The van der Waals surface area contributed by atoms with Gasteiger partial charge < -0.3 is 28.8 Å². The number of aryl methyl sites for hydroxylation is 1. The van der Waals surface area contributed by atoms with Gasteiger partial charge in [0.1, 0.15) is 36.3 Å². The molecule has 0 unspecified atom stereocenters. The summed E-state index contributed by atoms with van der Waals surface area (Å²) in [5, 5.41) is 3.47. The second-order valence-corrected chi connectivity index (χ2v) is 15.6. The van der Waals surface area contributed by atoms with Crippen LogP contribution in [0.15, 0.2) is 30.3 Å². The number of rotatable bonds is 12. The molecule has 6 rings (SSSR count). The highest BCUT2D eigenvalue weighted by Gasteiger charge is 2.31. The number of halogens is 1. The summed E-state index contributed by atoms with van der Waals surface area (Å²) in [5.74, 6) is 1.49. The van der Waals surface area contributed by atoms with Gasteiger partial charge in [0.05, 0.1) is 34.8 Å². The Kier molecular flexibility index (Phi) is 9.35. The average molecular weight is 699 g/mol. The molecule has 3 aromatic heterocycles. The van der Waals surface area contributed by atoms with Gasteiger partial charge in [-0.3, -0.25) is 8.98 Å². The van der Waals surface area contributed by atoms with Gasteiger partial charge in [0, 0.05) is 38.5 Å². The van der Waals surface area contributed by atoms with Gasteiger partial charge in [-0.05, 0) is 64.7 Å². The van der Waals surface area contributed by atoms with Crippen LogP contribution in [0.25, 0.3) is 33.6 Å². The maximum absolute atomic E-state index is 13.9. The summed E-state index contributed by atoms with van der Waals surface area (Å²) in [6.07, 6.45) is 2.31. The lowest BCUT2D eigenvalue weighted by Gasteiger charge is -2.31. The maximum atomic E-state index is 13.9. The minimum atomic E-state index is -3.63. The second kappa shape index (κ2) is 13.2. The minimum Gasteiger partial charge on any atom is -0.489 e. The first-order chi connectivity index (χ1) is 23.1. The van der Waals surface area contributed by atoms with Gasteiger partial charge in [-0.25, -0.2) is 19.2 Å². The zero-order valence-electron chi connectivity index (χ0n) is 28.7. The highest BCUT2D eigenvalue weighted by Crippen LogP contribution is 2.39. The highest BCUT2D eigenvalue weighted by atomic mass is 32.2. The van der Waals surface area contributed by atoms with Crippen LogP contribution in [0.3, 0.4) is 0 Å². The number of benzene rings is 1. The Balaban J connectivity index is 1.30. The van der Waals surface area contributed by atoms with Gasteiger partial charge in [0.15, 0.2) is 11.5 Å². The molecular weight excluding hydrogens is 655 g/mol. The van der Waals surface area contributed by atoms with Crippen LogP contribution >= 0.6 is 0 Å². The number of carbonyl (C=O) groups is 2. The van der Waals surface area contributed by atoms with E-state index in [1.165, 1.54) is 4.90 Å². The third-order valence-corrected chi connectivity index (χ3v) is 9.15. The first kappa shape index (κ1) is 34.6. The Bertz CT molecular complexity index is 2010. The van der Waals surface area contributed by atoms with E-state index in [2.05, 4.69) is 16.0 Å². The molecule has 1 aromatic carbocycles. The first-order valence-corrected chi connectivity index (χ1v) is 18.3. The number of fused-ring (bicyclic) bond motifs is 3. The summed E-state index contributed by atoms with van der Waals surface area (Å²) < 4.78 is 57.7. The number of nitrogens with one attached hydrogen (secondary N) is 1. The van der Waals surface area contributed by atoms with Gasteiger partial charge in [0.25, 0.3) is 16.0 Å². The van der Waals surface area contributed by atoms with E-state index in [0.717, 1.165) is 42.2 Å². The zero-order chi connectivity index (χ0) is 35.2. The van der Waals surface area contributed by atoms with Crippen molar-refractivity contribution in [1.82, 2.24) is 29.3 Å². The number of hydrogen-bond acceptors (Lipinski definition) is 9. The first-order valence-electron chi connectivity index (χ1n) is 16.4. The van der Waals surface area contributed by atoms with Gasteiger partial charge in [-0.15, -0.1) is 0 Å². The van der Waals surface area contributed by atoms with Crippen LogP contribution < -0.4 is 10.1 Å². The quantitative estimate of drug-likeness (QED) is 0.210. The van der Waals surface area contributed by atoms with E-state index in [1.54, 1.807) is 33.8 Å². The van der Waals surface area contributed by atoms with Crippen LogP contribution in [-0.2, 0) is 39.1 Å². The van der Waals surface area contributed by atoms with Gasteiger partial charge in [0.2, 0.25) is 0 Å². The minimum absolute atomic E-state index is 0.00957. The van der Waals surface area contributed by atoms with Crippen molar-refractivity contribution >= 4 is 44.2 Å². The molecule has 49 heavy (non-hydrogen) atoms. The average Bonchev–Trinajstić information content (AvgIpc) is 3.68. The SMILES string of the molecule is C[C@@H](COc1cccc2cc(-c3nc4cc5c(nc4n3C)CCN(C[C@@H](CF)NC(=O)OC(C)(C)C)C5=O)n(CC3CC3)c12)OS(C)(=O)=O. The molecule has 2 amide bonds. The monoisotopic (exact) mass is 698 g/mol. The van der Waals surface area contributed by atoms with Crippen molar-refractivity contribution in [1.29, 1.82) is 0 Å². The molecule has 1 N–H and O–H groups in total. The standard InChI is InChI=1S/C34H43FN6O7S/c1-20(48-49(6,44)45)19-46-28-9-7-8-22-14-27(41(29(22)28)17-21-10-11-21)31-38-26-15-24-25(37-30(26)39(31)5)12-13-40(32(24)42)18-23(16-35)36-33(43)47-34(2,3)4/h7-9,14-15,20-21,23H,10-13,16-19H2,1-6H3,(H,36,43)/t20-,23+/m0/s1. The van der Waals surface area contributed by atoms with Crippen LogP contribution in [0.2, 0.25) is 0 Å². The molecule has 0 spiro atoms. The number of amides is 2. The zero-order valence-corrected chi connectivity index (χ0v) is 29.5. The summed E-state index contributed by atoms with van der Waals surface area (Å²) in [4.78, 5) is 37.3. The van der Waals surface area contributed by atoms with Gasteiger partial charge >= 0.3 is 6.09 Å². The predicted molar refractivity (Wildman–Crippen MR) is 182 cm³/mol.